The Hall–Kier alpha value is -2.02. The topological polar surface area (TPSA) is 12.0 Å². The fourth-order valence-corrected chi connectivity index (χ4v) is 2.73. The van der Waals surface area contributed by atoms with Gasteiger partial charge in [0, 0.05) is 12.2 Å². The van der Waals surface area contributed by atoms with Crippen molar-refractivity contribution in [1.29, 1.82) is 0 Å². The predicted octanol–water partition coefficient (Wildman–Crippen LogP) is 4.38. The van der Waals surface area contributed by atoms with Gasteiger partial charge in [-0.15, -0.1) is 0 Å². The molecule has 1 nitrogen and oxygen atoms in total. The monoisotopic (exact) mass is 263 g/mol. The zero-order valence-electron chi connectivity index (χ0n) is 12.2. The number of benzene rings is 2. The maximum atomic E-state index is 3.57. The van der Waals surface area contributed by atoms with E-state index in [0.29, 0.717) is 0 Å². The number of hydrogen-bond acceptors (Lipinski definition) is 1. The van der Waals surface area contributed by atoms with Gasteiger partial charge in [0.2, 0.25) is 0 Å². The van der Waals surface area contributed by atoms with Crippen LogP contribution in [0.4, 0.5) is 0 Å². The largest absolute Gasteiger partial charge is 0.384 e. The van der Waals surface area contributed by atoms with Gasteiger partial charge in [-0.05, 0) is 60.6 Å². The molecule has 0 unspecified atom stereocenters. The first-order valence-electron chi connectivity index (χ1n) is 7.31. The van der Waals surface area contributed by atoms with Crippen LogP contribution in [0.15, 0.2) is 48.2 Å². The van der Waals surface area contributed by atoms with Gasteiger partial charge in [-0.2, -0.15) is 0 Å². The van der Waals surface area contributed by atoms with Gasteiger partial charge in [-0.1, -0.05) is 42.5 Å². The highest BCUT2D eigenvalue weighted by Gasteiger charge is 2.11. The van der Waals surface area contributed by atoms with Crippen LogP contribution in [-0.2, 0) is 13.0 Å². The lowest BCUT2D eigenvalue weighted by Gasteiger charge is -2.19. The van der Waals surface area contributed by atoms with Crippen LogP contribution in [0.5, 0.6) is 0 Å². The first-order valence-corrected chi connectivity index (χ1v) is 7.31. The molecule has 0 amide bonds. The summed E-state index contributed by atoms with van der Waals surface area (Å²) >= 11 is 0. The van der Waals surface area contributed by atoms with Crippen LogP contribution in [0.1, 0.15) is 34.2 Å². The fourth-order valence-electron chi connectivity index (χ4n) is 2.73. The minimum absolute atomic E-state index is 0.910. The lowest BCUT2D eigenvalue weighted by molar-refractivity contribution is 0.744. The first kappa shape index (κ1) is 13.0. The van der Waals surface area contributed by atoms with E-state index in [1.54, 1.807) is 0 Å². The quantitative estimate of drug-likeness (QED) is 0.866. The van der Waals surface area contributed by atoms with E-state index in [9.17, 15) is 0 Å². The van der Waals surface area contributed by atoms with Crippen molar-refractivity contribution < 1.29 is 0 Å². The molecule has 0 aliphatic heterocycles. The third kappa shape index (κ3) is 2.77. The molecule has 0 heterocycles. The Morgan fingerprint density at radius 1 is 0.950 bits per heavy atom. The average Bonchev–Trinajstić information content (AvgIpc) is 2.47. The molecule has 3 rings (SSSR count). The van der Waals surface area contributed by atoms with Crippen molar-refractivity contribution in [3.8, 4) is 0 Å². The summed E-state index contributed by atoms with van der Waals surface area (Å²) in [5, 5.41) is 3.57. The van der Waals surface area contributed by atoms with Gasteiger partial charge in [0.15, 0.2) is 0 Å². The summed E-state index contributed by atoms with van der Waals surface area (Å²) < 4.78 is 0. The van der Waals surface area contributed by atoms with Gasteiger partial charge in [0.25, 0.3) is 0 Å². The molecule has 1 aliphatic carbocycles. The molecule has 1 N–H and O–H groups in total. The Morgan fingerprint density at radius 3 is 2.50 bits per heavy atom. The second-order valence-electron chi connectivity index (χ2n) is 5.64. The molecule has 0 aromatic heterocycles. The van der Waals surface area contributed by atoms with Crippen LogP contribution in [0.3, 0.4) is 0 Å². The third-order valence-corrected chi connectivity index (χ3v) is 4.11. The molecule has 0 saturated carbocycles. The van der Waals surface area contributed by atoms with Gasteiger partial charge >= 0.3 is 0 Å². The lowest BCUT2D eigenvalue weighted by atomic mass is 9.91. The number of fused-ring (bicyclic) bond motifs is 1. The van der Waals surface area contributed by atoms with Crippen molar-refractivity contribution in [1.82, 2.24) is 5.32 Å². The van der Waals surface area contributed by atoms with E-state index in [1.807, 2.05) is 0 Å². The maximum Gasteiger partial charge on any atom is 0.0397 e. The zero-order valence-corrected chi connectivity index (χ0v) is 12.2. The zero-order chi connectivity index (χ0) is 13.9. The fraction of sp³-hybridized carbons (Fsp3) is 0.263. The second-order valence-corrected chi connectivity index (χ2v) is 5.64. The third-order valence-electron chi connectivity index (χ3n) is 4.11. The molecule has 20 heavy (non-hydrogen) atoms. The van der Waals surface area contributed by atoms with E-state index < -0.39 is 0 Å². The Balaban J connectivity index is 1.75. The van der Waals surface area contributed by atoms with Gasteiger partial charge in [0.1, 0.15) is 0 Å². The van der Waals surface area contributed by atoms with E-state index in [0.717, 1.165) is 19.4 Å². The smallest absolute Gasteiger partial charge is 0.0397 e. The van der Waals surface area contributed by atoms with Gasteiger partial charge in [0.05, 0.1) is 0 Å². The molecule has 2 aromatic carbocycles. The average molecular weight is 263 g/mol. The molecule has 1 aliphatic rings. The summed E-state index contributed by atoms with van der Waals surface area (Å²) in [6.07, 6.45) is 4.57. The minimum atomic E-state index is 0.910. The van der Waals surface area contributed by atoms with E-state index in [1.165, 1.54) is 33.5 Å². The van der Waals surface area contributed by atoms with Crippen LogP contribution < -0.4 is 5.32 Å². The van der Waals surface area contributed by atoms with Crippen molar-refractivity contribution >= 4 is 6.08 Å². The van der Waals surface area contributed by atoms with Crippen molar-refractivity contribution in [2.45, 2.75) is 33.2 Å². The predicted molar refractivity (Wildman–Crippen MR) is 85.5 cm³/mol. The van der Waals surface area contributed by atoms with Gasteiger partial charge in [-0.3, -0.25) is 0 Å². The Morgan fingerprint density at radius 2 is 1.70 bits per heavy atom. The molecule has 0 fully saturated rings. The van der Waals surface area contributed by atoms with Crippen molar-refractivity contribution in [3.05, 3.63) is 76.0 Å². The Bertz CT molecular complexity index is 638. The minimum Gasteiger partial charge on any atom is -0.384 e. The summed E-state index contributed by atoms with van der Waals surface area (Å²) in [7, 11) is 0. The van der Waals surface area contributed by atoms with Crippen LogP contribution in [0.2, 0.25) is 0 Å². The molecule has 0 spiro atoms. The van der Waals surface area contributed by atoms with Gasteiger partial charge < -0.3 is 5.32 Å². The maximum absolute atomic E-state index is 3.57. The summed E-state index contributed by atoms with van der Waals surface area (Å²) in [6.45, 7) is 5.30. The molecule has 2 aromatic rings. The highest BCUT2D eigenvalue weighted by Crippen LogP contribution is 2.25. The van der Waals surface area contributed by atoms with E-state index >= 15 is 0 Å². The number of nitrogens with one attached hydrogen (secondary N) is 1. The molecule has 0 saturated heterocycles. The molecule has 0 radical (unpaired) electrons. The number of rotatable bonds is 3. The molecular weight excluding hydrogens is 242 g/mol. The Kier molecular flexibility index (Phi) is 3.60. The summed E-state index contributed by atoms with van der Waals surface area (Å²) in [6, 6.07) is 15.2. The van der Waals surface area contributed by atoms with E-state index in [2.05, 4.69) is 67.7 Å². The van der Waals surface area contributed by atoms with Crippen molar-refractivity contribution in [2.75, 3.05) is 0 Å². The van der Waals surface area contributed by atoms with Crippen LogP contribution >= 0.6 is 0 Å². The molecule has 102 valence electrons. The van der Waals surface area contributed by atoms with E-state index in [4.69, 9.17) is 0 Å². The lowest BCUT2D eigenvalue weighted by Crippen LogP contribution is -2.16. The highest BCUT2D eigenvalue weighted by molar-refractivity contribution is 5.61. The van der Waals surface area contributed by atoms with Crippen LogP contribution in [0, 0.1) is 13.8 Å². The summed E-state index contributed by atoms with van der Waals surface area (Å²) in [5.74, 6) is 0. The van der Waals surface area contributed by atoms with Crippen LogP contribution in [0.25, 0.3) is 6.08 Å². The number of aryl methyl sites for hydroxylation is 3. The normalized spacial score (nSPS) is 13.6. The van der Waals surface area contributed by atoms with Gasteiger partial charge in [-0.25, -0.2) is 0 Å². The molecule has 1 heteroatoms. The summed E-state index contributed by atoms with van der Waals surface area (Å²) in [4.78, 5) is 0. The number of hydrogen-bond donors (Lipinski definition) is 1. The van der Waals surface area contributed by atoms with Crippen molar-refractivity contribution in [2.24, 2.45) is 0 Å². The molecule has 0 atom stereocenters. The molecule has 0 bridgehead atoms. The first-order chi connectivity index (χ1) is 9.72. The van der Waals surface area contributed by atoms with Crippen molar-refractivity contribution in [3.63, 3.8) is 0 Å². The number of allylic oxidation sites excluding steroid dienone is 1. The molecular formula is C19H21N. The van der Waals surface area contributed by atoms with Crippen LogP contribution in [-0.4, -0.2) is 0 Å². The Labute approximate surface area is 121 Å². The second kappa shape index (κ2) is 5.54. The van der Waals surface area contributed by atoms with E-state index in [-0.39, 0.29) is 0 Å². The SMILES string of the molecule is Cc1cc2c(cc1C)CCC(NCc1ccccc1)=C2. The summed E-state index contributed by atoms with van der Waals surface area (Å²) in [5.41, 5.74) is 8.33. The highest BCUT2D eigenvalue weighted by atomic mass is 14.9. The standard InChI is InChI=1S/C19H21N/c1-14-10-17-8-9-19(12-18(17)11-15(14)2)20-13-16-6-4-3-5-7-16/h3-7,10-12,20H,8-9,13H2,1-2H3.